The molecule has 1 aromatic rings. The van der Waals surface area contributed by atoms with Crippen molar-refractivity contribution in [3.05, 3.63) is 29.3 Å². The normalized spacial score (nSPS) is 24.5. The number of hydrogen-bond acceptors (Lipinski definition) is 3. The van der Waals surface area contributed by atoms with Crippen LogP contribution in [0.4, 0.5) is 10.5 Å². The van der Waals surface area contributed by atoms with Crippen LogP contribution in [0.25, 0.3) is 0 Å². The summed E-state index contributed by atoms with van der Waals surface area (Å²) in [6.07, 6.45) is 1.75. The maximum atomic E-state index is 12.4. The van der Waals surface area contributed by atoms with Crippen LogP contribution in [0, 0.1) is 0 Å². The van der Waals surface area contributed by atoms with Gasteiger partial charge in [0, 0.05) is 11.3 Å². The highest BCUT2D eigenvalue weighted by Gasteiger charge is 2.48. The van der Waals surface area contributed by atoms with Crippen molar-refractivity contribution in [2.24, 2.45) is 0 Å². The zero-order chi connectivity index (χ0) is 13.8. The molecule has 2 atom stereocenters. The molecule has 2 aliphatic rings. The molecule has 102 valence electrons. The highest BCUT2D eigenvalue weighted by molar-refractivity contribution is 5.74. The Morgan fingerprint density at radius 2 is 2.00 bits per heavy atom. The van der Waals surface area contributed by atoms with E-state index in [0.717, 1.165) is 24.1 Å². The minimum Gasteiger partial charge on any atom is -0.444 e. The summed E-state index contributed by atoms with van der Waals surface area (Å²) >= 11 is 0. The molecule has 1 fully saturated rings. The molecule has 2 N–H and O–H groups in total. The molecular weight excluding hydrogens is 240 g/mol. The molecule has 0 aliphatic carbocycles. The second-order valence-corrected chi connectivity index (χ2v) is 6.35. The summed E-state index contributed by atoms with van der Waals surface area (Å²) in [5.41, 5.74) is 8.72. The molecular formula is C15H20N2O2. The number of carbonyl (C=O) groups excluding carboxylic acids is 1. The van der Waals surface area contributed by atoms with Gasteiger partial charge in [-0.1, -0.05) is 12.1 Å². The zero-order valence-corrected chi connectivity index (χ0v) is 11.6. The quantitative estimate of drug-likeness (QED) is 0.727. The Hall–Kier alpha value is -1.71. The first-order valence-electron chi connectivity index (χ1n) is 6.78. The molecule has 3 rings (SSSR count). The summed E-state index contributed by atoms with van der Waals surface area (Å²) in [7, 11) is 0. The van der Waals surface area contributed by atoms with Gasteiger partial charge < -0.3 is 10.5 Å². The van der Waals surface area contributed by atoms with Gasteiger partial charge in [-0.25, -0.2) is 4.79 Å². The fourth-order valence-corrected chi connectivity index (χ4v) is 3.25. The second kappa shape index (κ2) is 3.89. The van der Waals surface area contributed by atoms with Crippen LogP contribution in [0.1, 0.15) is 56.8 Å². The van der Waals surface area contributed by atoms with Gasteiger partial charge in [-0.15, -0.1) is 0 Å². The minimum absolute atomic E-state index is 0.0936. The Bertz CT molecular complexity index is 533. The molecule has 1 aromatic carbocycles. The first-order chi connectivity index (χ1) is 8.88. The Labute approximate surface area is 113 Å². The lowest BCUT2D eigenvalue weighted by Crippen LogP contribution is -2.34. The summed E-state index contributed by atoms with van der Waals surface area (Å²) in [6, 6.07) is 6.18. The number of ether oxygens (including phenoxy) is 1. The Morgan fingerprint density at radius 1 is 1.32 bits per heavy atom. The molecule has 0 spiro atoms. The first kappa shape index (κ1) is 12.3. The highest BCUT2D eigenvalue weighted by Crippen LogP contribution is 2.55. The van der Waals surface area contributed by atoms with E-state index in [9.17, 15) is 4.79 Å². The topological polar surface area (TPSA) is 55.6 Å². The van der Waals surface area contributed by atoms with Gasteiger partial charge in [-0.2, -0.15) is 0 Å². The van der Waals surface area contributed by atoms with Crippen LogP contribution in [0.3, 0.4) is 0 Å². The fourth-order valence-electron chi connectivity index (χ4n) is 3.25. The number of amides is 1. The average Bonchev–Trinajstić information content (AvgIpc) is 2.83. The van der Waals surface area contributed by atoms with Crippen molar-refractivity contribution in [2.45, 2.75) is 51.3 Å². The number of hydrogen-bond donors (Lipinski definition) is 1. The van der Waals surface area contributed by atoms with E-state index in [2.05, 4.69) is 6.07 Å². The molecule has 2 aliphatic heterocycles. The van der Waals surface area contributed by atoms with Crippen LogP contribution in [-0.4, -0.2) is 16.6 Å². The summed E-state index contributed by atoms with van der Waals surface area (Å²) in [5.74, 6) is 0. The Balaban J connectivity index is 1.93. The van der Waals surface area contributed by atoms with Crippen LogP contribution in [0.2, 0.25) is 0 Å². The third kappa shape index (κ3) is 1.86. The van der Waals surface area contributed by atoms with Gasteiger partial charge in [-0.3, -0.25) is 4.90 Å². The summed E-state index contributed by atoms with van der Waals surface area (Å²) in [6.45, 7) is 5.68. The van der Waals surface area contributed by atoms with Crippen LogP contribution in [0.5, 0.6) is 0 Å². The Kier molecular flexibility index (Phi) is 2.52. The highest BCUT2D eigenvalue weighted by atomic mass is 16.6. The van der Waals surface area contributed by atoms with Crippen LogP contribution >= 0.6 is 0 Å². The van der Waals surface area contributed by atoms with Crippen molar-refractivity contribution in [3.8, 4) is 0 Å². The third-order valence-corrected chi connectivity index (χ3v) is 3.86. The summed E-state index contributed by atoms with van der Waals surface area (Å²) in [4.78, 5) is 14.2. The number of anilines is 1. The zero-order valence-electron chi connectivity index (χ0n) is 11.6. The van der Waals surface area contributed by atoms with E-state index in [1.54, 1.807) is 0 Å². The number of rotatable bonds is 0. The average molecular weight is 260 g/mol. The van der Waals surface area contributed by atoms with Gasteiger partial charge in [0.15, 0.2) is 0 Å². The van der Waals surface area contributed by atoms with Gasteiger partial charge in [0.1, 0.15) is 5.60 Å². The molecule has 0 radical (unpaired) electrons. The predicted molar refractivity (Wildman–Crippen MR) is 73.6 cm³/mol. The minimum atomic E-state index is -0.461. The predicted octanol–water partition coefficient (Wildman–Crippen LogP) is 3.40. The lowest BCUT2D eigenvalue weighted by Gasteiger charge is -2.27. The van der Waals surface area contributed by atoms with Crippen molar-refractivity contribution in [2.75, 3.05) is 5.73 Å². The first-order valence-corrected chi connectivity index (χ1v) is 6.78. The smallest absolute Gasteiger partial charge is 0.411 e. The SMILES string of the molecule is CC(C)(C)OC(=O)N1C2CCC1c1c(N)cccc12. The number of fused-ring (bicyclic) bond motifs is 5. The van der Waals surface area contributed by atoms with E-state index in [0.29, 0.717) is 0 Å². The van der Waals surface area contributed by atoms with E-state index in [1.807, 2.05) is 37.8 Å². The van der Waals surface area contributed by atoms with Crippen LogP contribution < -0.4 is 5.73 Å². The number of nitrogens with two attached hydrogens (primary N) is 1. The number of nitrogens with zero attached hydrogens (tertiary/aromatic N) is 1. The van der Waals surface area contributed by atoms with Crippen molar-refractivity contribution < 1.29 is 9.53 Å². The maximum Gasteiger partial charge on any atom is 0.411 e. The van der Waals surface area contributed by atoms with E-state index in [1.165, 1.54) is 5.56 Å². The third-order valence-electron chi connectivity index (χ3n) is 3.86. The molecule has 0 aromatic heterocycles. The molecule has 2 heterocycles. The van der Waals surface area contributed by atoms with Gasteiger partial charge in [0.2, 0.25) is 0 Å². The van der Waals surface area contributed by atoms with E-state index in [-0.39, 0.29) is 18.2 Å². The van der Waals surface area contributed by atoms with E-state index >= 15 is 0 Å². The lowest BCUT2D eigenvalue weighted by molar-refractivity contribution is 0.0178. The van der Waals surface area contributed by atoms with Gasteiger partial charge in [0.25, 0.3) is 0 Å². The van der Waals surface area contributed by atoms with E-state index < -0.39 is 5.60 Å². The standard InChI is InChI=1S/C15H20N2O2/c1-15(2,3)19-14(18)17-11-7-8-12(17)13-9(11)5-4-6-10(13)16/h4-6,11-12H,7-8,16H2,1-3H3. The van der Waals surface area contributed by atoms with Gasteiger partial charge >= 0.3 is 6.09 Å². The summed E-state index contributed by atoms with van der Waals surface area (Å²) in [5, 5.41) is 0. The molecule has 0 saturated carbocycles. The van der Waals surface area contributed by atoms with Crippen molar-refractivity contribution in [1.29, 1.82) is 0 Å². The maximum absolute atomic E-state index is 12.4. The molecule has 1 saturated heterocycles. The number of nitrogen functional groups attached to an aromatic ring is 1. The molecule has 19 heavy (non-hydrogen) atoms. The van der Waals surface area contributed by atoms with Crippen molar-refractivity contribution in [1.82, 2.24) is 4.90 Å². The monoisotopic (exact) mass is 260 g/mol. The molecule has 1 amide bonds. The number of benzene rings is 1. The van der Waals surface area contributed by atoms with Crippen molar-refractivity contribution >= 4 is 11.8 Å². The molecule has 2 unspecified atom stereocenters. The lowest BCUT2D eigenvalue weighted by atomic mass is 9.91. The van der Waals surface area contributed by atoms with Crippen molar-refractivity contribution in [3.63, 3.8) is 0 Å². The molecule has 4 heteroatoms. The van der Waals surface area contributed by atoms with Crippen LogP contribution in [0.15, 0.2) is 18.2 Å². The Morgan fingerprint density at radius 3 is 2.63 bits per heavy atom. The van der Waals surface area contributed by atoms with Gasteiger partial charge in [0.05, 0.1) is 12.1 Å². The fraction of sp³-hybridized carbons (Fsp3) is 0.533. The van der Waals surface area contributed by atoms with Crippen LogP contribution in [-0.2, 0) is 4.74 Å². The van der Waals surface area contributed by atoms with Gasteiger partial charge in [-0.05, 0) is 45.2 Å². The molecule has 4 nitrogen and oxygen atoms in total. The largest absolute Gasteiger partial charge is 0.444 e. The number of carbonyl (C=O) groups is 1. The van der Waals surface area contributed by atoms with E-state index in [4.69, 9.17) is 10.5 Å². The molecule has 2 bridgehead atoms. The second-order valence-electron chi connectivity index (χ2n) is 6.35. The summed E-state index contributed by atoms with van der Waals surface area (Å²) < 4.78 is 5.52.